The van der Waals surface area contributed by atoms with Crippen molar-refractivity contribution in [2.24, 2.45) is 5.92 Å². The Morgan fingerprint density at radius 3 is 2.60 bits per heavy atom. The van der Waals surface area contributed by atoms with E-state index in [0.29, 0.717) is 10.7 Å². The third-order valence-electron chi connectivity index (χ3n) is 3.13. The highest BCUT2D eigenvalue weighted by atomic mass is 127. The van der Waals surface area contributed by atoms with Crippen molar-refractivity contribution in [3.05, 3.63) is 38.9 Å². The molecule has 0 aliphatic rings. The number of halogens is 2. The molecule has 7 heteroatoms. The highest BCUT2D eigenvalue weighted by Gasteiger charge is 2.21. The minimum atomic E-state index is -0.981. The van der Waals surface area contributed by atoms with Gasteiger partial charge in [-0.05, 0) is 74.9 Å². The Morgan fingerprint density at radius 1 is 1.40 bits per heavy atom. The standard InChI is InChI=1S/C18H23ClINO4/c1-11(17(24)25-18(2,3)4)6-5-7-14(16(22)23)21-15-10-12(19)8-9-13(15)20/h5-6,8-11,14,21H,7H2,1-4H3,(H,22,23)/t11-,14?/m1/s1. The summed E-state index contributed by atoms with van der Waals surface area (Å²) in [6.45, 7) is 7.13. The van der Waals surface area contributed by atoms with Crippen molar-refractivity contribution in [3.63, 3.8) is 0 Å². The molecule has 1 unspecified atom stereocenters. The second kappa shape index (κ2) is 9.43. The highest BCUT2D eigenvalue weighted by Crippen LogP contribution is 2.24. The molecule has 0 bridgehead atoms. The Morgan fingerprint density at radius 2 is 2.04 bits per heavy atom. The van der Waals surface area contributed by atoms with Crippen LogP contribution in [-0.2, 0) is 14.3 Å². The number of aliphatic carboxylic acids is 1. The molecule has 1 aromatic carbocycles. The first-order valence-corrected chi connectivity index (χ1v) is 9.29. The maximum atomic E-state index is 11.9. The quantitative estimate of drug-likeness (QED) is 0.336. The third kappa shape index (κ3) is 8.09. The second-order valence-corrected chi connectivity index (χ2v) is 8.24. The summed E-state index contributed by atoms with van der Waals surface area (Å²) in [5.74, 6) is -1.77. The van der Waals surface area contributed by atoms with Crippen LogP contribution in [0.1, 0.15) is 34.1 Å². The van der Waals surface area contributed by atoms with Crippen LogP contribution < -0.4 is 5.32 Å². The summed E-state index contributed by atoms with van der Waals surface area (Å²) in [5.41, 5.74) is 0.113. The molecule has 0 heterocycles. The van der Waals surface area contributed by atoms with Crippen LogP contribution in [0.25, 0.3) is 0 Å². The van der Waals surface area contributed by atoms with Crippen LogP contribution in [0.5, 0.6) is 0 Å². The van der Waals surface area contributed by atoms with E-state index < -0.39 is 23.5 Å². The number of rotatable bonds is 7. The van der Waals surface area contributed by atoms with Gasteiger partial charge in [0.05, 0.1) is 5.92 Å². The summed E-state index contributed by atoms with van der Waals surface area (Å²) in [6.07, 6.45) is 3.57. The minimum Gasteiger partial charge on any atom is -0.480 e. The number of benzene rings is 1. The fourth-order valence-corrected chi connectivity index (χ4v) is 2.57. The predicted octanol–water partition coefficient (Wildman–Crippen LogP) is 4.73. The van der Waals surface area contributed by atoms with E-state index in [1.807, 2.05) is 6.07 Å². The van der Waals surface area contributed by atoms with E-state index in [-0.39, 0.29) is 12.4 Å². The van der Waals surface area contributed by atoms with Gasteiger partial charge in [0.2, 0.25) is 0 Å². The van der Waals surface area contributed by atoms with Crippen LogP contribution in [0.2, 0.25) is 5.02 Å². The summed E-state index contributed by atoms with van der Waals surface area (Å²) in [7, 11) is 0. The molecule has 0 amide bonds. The maximum Gasteiger partial charge on any atom is 0.326 e. The lowest BCUT2D eigenvalue weighted by Gasteiger charge is -2.21. The molecule has 5 nitrogen and oxygen atoms in total. The van der Waals surface area contributed by atoms with E-state index in [4.69, 9.17) is 16.3 Å². The molecule has 0 saturated carbocycles. The number of nitrogens with one attached hydrogen (secondary N) is 1. The predicted molar refractivity (Wildman–Crippen MR) is 108 cm³/mol. The number of carboxylic acid groups (broad SMARTS) is 1. The van der Waals surface area contributed by atoms with E-state index >= 15 is 0 Å². The number of carbonyl (C=O) groups excluding carboxylic acids is 1. The molecule has 0 aromatic heterocycles. The van der Waals surface area contributed by atoms with Crippen LogP contribution in [0.3, 0.4) is 0 Å². The molecule has 0 spiro atoms. The molecular formula is C18H23ClINO4. The minimum absolute atomic E-state index is 0.227. The van der Waals surface area contributed by atoms with Gasteiger partial charge < -0.3 is 15.2 Å². The van der Waals surface area contributed by atoms with Gasteiger partial charge in [0.25, 0.3) is 0 Å². The van der Waals surface area contributed by atoms with Gasteiger partial charge >= 0.3 is 11.9 Å². The topological polar surface area (TPSA) is 75.6 Å². The fraction of sp³-hybridized carbons (Fsp3) is 0.444. The van der Waals surface area contributed by atoms with Crippen molar-refractivity contribution < 1.29 is 19.4 Å². The van der Waals surface area contributed by atoms with E-state index in [9.17, 15) is 14.7 Å². The van der Waals surface area contributed by atoms with Gasteiger partial charge in [0.1, 0.15) is 11.6 Å². The van der Waals surface area contributed by atoms with Crippen molar-refractivity contribution in [1.82, 2.24) is 0 Å². The molecule has 138 valence electrons. The van der Waals surface area contributed by atoms with Gasteiger partial charge in [-0.1, -0.05) is 23.8 Å². The lowest BCUT2D eigenvalue weighted by molar-refractivity contribution is -0.157. The molecule has 0 aliphatic carbocycles. The highest BCUT2D eigenvalue weighted by molar-refractivity contribution is 14.1. The number of esters is 1. The van der Waals surface area contributed by atoms with Gasteiger partial charge in [-0.3, -0.25) is 4.79 Å². The normalized spacial score (nSPS) is 14.2. The molecule has 0 aliphatic heterocycles. The summed E-state index contributed by atoms with van der Waals surface area (Å²) in [4.78, 5) is 23.4. The lowest BCUT2D eigenvalue weighted by atomic mass is 10.1. The van der Waals surface area contributed by atoms with Crippen LogP contribution in [-0.4, -0.2) is 28.7 Å². The van der Waals surface area contributed by atoms with E-state index in [2.05, 4.69) is 27.9 Å². The molecule has 0 radical (unpaired) electrons. The summed E-state index contributed by atoms with van der Waals surface area (Å²) in [6, 6.07) is 4.41. The largest absolute Gasteiger partial charge is 0.480 e. The van der Waals surface area contributed by atoms with Crippen molar-refractivity contribution in [2.45, 2.75) is 45.8 Å². The second-order valence-electron chi connectivity index (χ2n) is 6.65. The summed E-state index contributed by atoms with van der Waals surface area (Å²) < 4.78 is 6.17. The van der Waals surface area contributed by atoms with E-state index in [1.165, 1.54) is 0 Å². The fourth-order valence-electron chi connectivity index (χ4n) is 1.91. The average Bonchev–Trinajstić information content (AvgIpc) is 2.47. The van der Waals surface area contributed by atoms with Crippen molar-refractivity contribution in [2.75, 3.05) is 5.32 Å². The van der Waals surface area contributed by atoms with Crippen molar-refractivity contribution in [1.29, 1.82) is 0 Å². The SMILES string of the molecule is C[C@H](C=CCC(Nc1cc(Cl)ccc1I)C(=O)O)C(=O)OC(C)(C)C. The van der Waals surface area contributed by atoms with Crippen molar-refractivity contribution >= 4 is 51.8 Å². The molecule has 2 N–H and O–H groups in total. The van der Waals surface area contributed by atoms with Gasteiger partial charge in [-0.2, -0.15) is 0 Å². The van der Waals surface area contributed by atoms with Crippen LogP contribution in [0, 0.1) is 9.49 Å². The number of hydrogen-bond donors (Lipinski definition) is 2. The van der Waals surface area contributed by atoms with Crippen molar-refractivity contribution in [3.8, 4) is 0 Å². The Hall–Kier alpha value is -1.28. The van der Waals surface area contributed by atoms with Gasteiger partial charge in [-0.25, -0.2) is 4.79 Å². The number of hydrogen-bond acceptors (Lipinski definition) is 4. The first-order chi connectivity index (χ1) is 11.5. The van der Waals surface area contributed by atoms with Gasteiger partial charge in [-0.15, -0.1) is 0 Å². The van der Waals surface area contributed by atoms with E-state index in [0.717, 1.165) is 3.57 Å². The zero-order valence-electron chi connectivity index (χ0n) is 14.7. The number of ether oxygens (including phenoxy) is 1. The lowest BCUT2D eigenvalue weighted by Crippen LogP contribution is -2.29. The molecular weight excluding hydrogens is 457 g/mol. The Labute approximate surface area is 166 Å². The van der Waals surface area contributed by atoms with Gasteiger partial charge in [0, 0.05) is 14.3 Å². The Balaban J connectivity index is 2.71. The number of anilines is 1. The smallest absolute Gasteiger partial charge is 0.326 e. The molecule has 1 rings (SSSR count). The average molecular weight is 480 g/mol. The first kappa shape index (κ1) is 21.8. The Bertz CT molecular complexity index is 655. The monoisotopic (exact) mass is 479 g/mol. The first-order valence-electron chi connectivity index (χ1n) is 7.83. The van der Waals surface area contributed by atoms with Crippen LogP contribution in [0.15, 0.2) is 30.4 Å². The summed E-state index contributed by atoms with van der Waals surface area (Å²) in [5, 5.41) is 12.9. The van der Waals surface area contributed by atoms with E-state index in [1.54, 1.807) is 52.0 Å². The molecule has 2 atom stereocenters. The molecule has 0 fully saturated rings. The maximum absolute atomic E-state index is 11.9. The Kier molecular flexibility index (Phi) is 8.21. The number of carbonyl (C=O) groups is 2. The zero-order valence-corrected chi connectivity index (χ0v) is 17.6. The summed E-state index contributed by atoms with van der Waals surface area (Å²) >= 11 is 8.07. The number of carboxylic acids is 1. The third-order valence-corrected chi connectivity index (χ3v) is 4.31. The molecule has 0 saturated heterocycles. The molecule has 1 aromatic rings. The van der Waals surface area contributed by atoms with Crippen LogP contribution in [0.4, 0.5) is 5.69 Å². The zero-order chi connectivity index (χ0) is 19.2. The van der Waals surface area contributed by atoms with Gasteiger partial charge in [0.15, 0.2) is 0 Å². The molecule has 25 heavy (non-hydrogen) atoms. The van der Waals surface area contributed by atoms with Crippen LogP contribution >= 0.6 is 34.2 Å².